The molecule has 1 aliphatic heterocycles. The van der Waals surface area contributed by atoms with Gasteiger partial charge in [0, 0.05) is 46.7 Å². The van der Waals surface area contributed by atoms with E-state index in [1.54, 1.807) is 0 Å². The topological polar surface area (TPSA) is 63.2 Å². The average Bonchev–Trinajstić information content (AvgIpc) is 1.74. The zero-order valence-corrected chi connectivity index (χ0v) is 57.0. The van der Waals surface area contributed by atoms with Crippen LogP contribution in [0.15, 0.2) is 103 Å². The maximum Gasteiger partial charge on any atom is 0.0518 e. The number of fused-ring (bicyclic) bond motifs is 8. The van der Waals surface area contributed by atoms with Crippen molar-refractivity contribution in [1.29, 1.82) is 0 Å². The van der Waals surface area contributed by atoms with Gasteiger partial charge in [-0.2, -0.15) is 0 Å². The second-order valence-corrected chi connectivity index (χ2v) is 29.4. The average molecular weight is 1180 g/mol. The molecule has 0 unspecified atom stereocenters. The van der Waals surface area contributed by atoms with E-state index in [0.717, 1.165) is 56.9 Å². The Morgan fingerprint density at radius 2 is 0.793 bits per heavy atom. The number of aromatic nitrogens is 4. The lowest BCUT2D eigenvalue weighted by Crippen LogP contribution is -2.20. The van der Waals surface area contributed by atoms with E-state index in [1.807, 2.05) is 0 Å². The van der Waals surface area contributed by atoms with Crippen LogP contribution in [0, 0.1) is 39.3 Å². The van der Waals surface area contributed by atoms with E-state index in [9.17, 15) is 0 Å². The first-order valence-corrected chi connectivity index (χ1v) is 35.3. The molecule has 0 spiro atoms. The number of hydrogen-bond donors (Lipinski definition) is 4. The molecule has 4 aromatic carbocycles. The highest BCUT2D eigenvalue weighted by Crippen LogP contribution is 2.38. The van der Waals surface area contributed by atoms with E-state index < -0.39 is 7.92 Å². The van der Waals surface area contributed by atoms with Crippen molar-refractivity contribution in [2.24, 2.45) is 0 Å². The van der Waals surface area contributed by atoms with Crippen molar-refractivity contribution in [3.05, 3.63) is 220 Å². The fourth-order valence-corrected chi connectivity index (χ4v) is 15.1. The summed E-state index contributed by atoms with van der Waals surface area (Å²) >= 11 is 0. The molecule has 87 heavy (non-hydrogen) atoms. The zero-order chi connectivity index (χ0) is 61.8. The van der Waals surface area contributed by atoms with Crippen molar-refractivity contribution in [2.75, 3.05) is 0 Å². The third-order valence-corrected chi connectivity index (χ3v) is 20.8. The summed E-state index contributed by atoms with van der Waals surface area (Å²) in [6.45, 7) is 33.3. The Bertz CT molecular complexity index is 3870. The molecular weight excluding hydrogens is 1070 g/mol. The third-order valence-electron chi connectivity index (χ3n) is 18.8. The minimum Gasteiger partial charge on any atom is -0.354 e. The van der Waals surface area contributed by atoms with Gasteiger partial charge in [0.2, 0.25) is 0 Å². The van der Waals surface area contributed by atoms with E-state index in [-0.39, 0.29) is 10.8 Å². The lowest BCUT2D eigenvalue weighted by molar-refractivity contribution is 0.568. The Kier molecular flexibility index (Phi) is 22.1. The highest BCUT2D eigenvalue weighted by atomic mass is 31.1. The minimum atomic E-state index is -0.905. The number of nitrogens with one attached hydrogen (secondary N) is 4. The molecule has 4 nitrogen and oxygen atoms in total. The Balaban J connectivity index is 1.43. The predicted molar refractivity (Wildman–Crippen MR) is 379 cm³/mol. The Morgan fingerprint density at radius 3 is 1.20 bits per heavy atom. The summed E-state index contributed by atoms with van der Waals surface area (Å²) in [7, 11) is -0.905. The van der Waals surface area contributed by atoms with Crippen LogP contribution < -0.4 is 32.0 Å². The largest absolute Gasteiger partial charge is 0.354 e. The first-order valence-electron chi connectivity index (χ1n) is 33.9. The second-order valence-electron chi connectivity index (χ2n) is 27.5. The molecule has 0 amide bonds. The predicted octanol–water partition coefficient (Wildman–Crippen LogP) is 18.2. The maximum absolute atomic E-state index is 4.35. The van der Waals surface area contributed by atoms with Crippen LogP contribution in [0.2, 0.25) is 0 Å². The molecule has 4 aromatic heterocycles. The van der Waals surface area contributed by atoms with Gasteiger partial charge in [0.1, 0.15) is 0 Å². The SMILES string of the molecule is CCCCCCc1c2[nH]c(c1C)/C(c1cccc(C#CP(c3ccccc3)c3ccccc3)c1)=c1\[nH]/c(c(CCCCCC)c1C)=C\c1[nH]c(c(C)c1CCCCCC)/C(c1cc(C(C)(C)C)cc(C(C)(C)C)c1)=c1\[nH]/c(c(CCCCCC)c1C)=C\2. The fourth-order valence-electron chi connectivity index (χ4n) is 13.4. The third kappa shape index (κ3) is 15.3. The quantitative estimate of drug-likeness (QED) is 0.0265. The van der Waals surface area contributed by atoms with Gasteiger partial charge in [-0.05, 0) is 192 Å². The Morgan fingerprint density at radius 1 is 0.391 bits per heavy atom. The summed E-state index contributed by atoms with van der Waals surface area (Å²) in [5.74, 6) is 3.78. The number of rotatable bonds is 24. The van der Waals surface area contributed by atoms with Crippen LogP contribution in [-0.4, -0.2) is 19.9 Å². The lowest BCUT2D eigenvalue weighted by atomic mass is 9.78. The molecule has 0 saturated heterocycles. The molecule has 9 rings (SSSR count). The summed E-state index contributed by atoms with van der Waals surface area (Å²) in [5, 5.41) is 7.40. The van der Waals surface area contributed by atoms with Crippen LogP contribution in [0.1, 0.15) is 267 Å². The van der Waals surface area contributed by atoms with Crippen LogP contribution in [0.3, 0.4) is 0 Å². The van der Waals surface area contributed by atoms with E-state index in [2.05, 4.69) is 244 Å². The van der Waals surface area contributed by atoms with E-state index >= 15 is 0 Å². The van der Waals surface area contributed by atoms with Gasteiger partial charge in [0.05, 0.1) is 22.1 Å². The smallest absolute Gasteiger partial charge is 0.0518 e. The van der Waals surface area contributed by atoms with Gasteiger partial charge in [0.15, 0.2) is 0 Å². The Hall–Kier alpha value is -6.53. The molecular formula is C82H105N4P. The van der Waals surface area contributed by atoms with Gasteiger partial charge >= 0.3 is 0 Å². The number of H-pyrrole nitrogens is 4. The van der Waals surface area contributed by atoms with Gasteiger partial charge in [0.25, 0.3) is 0 Å². The van der Waals surface area contributed by atoms with E-state index in [0.29, 0.717) is 0 Å². The minimum absolute atomic E-state index is 0.0519. The van der Waals surface area contributed by atoms with Crippen LogP contribution >= 0.6 is 7.92 Å². The molecule has 5 heterocycles. The number of aromatic amines is 4. The molecule has 4 N–H and O–H groups in total. The molecule has 8 bridgehead atoms. The highest BCUT2D eigenvalue weighted by molar-refractivity contribution is 7.77. The van der Waals surface area contributed by atoms with Crippen LogP contribution in [0.4, 0.5) is 0 Å². The summed E-state index contributed by atoms with van der Waals surface area (Å²) in [6, 6.07) is 38.5. The van der Waals surface area contributed by atoms with Crippen molar-refractivity contribution >= 4 is 41.8 Å². The van der Waals surface area contributed by atoms with Crippen molar-refractivity contribution in [3.8, 4) is 11.6 Å². The second kappa shape index (κ2) is 29.6. The molecule has 8 aromatic rings. The molecule has 0 radical (unpaired) electrons. The van der Waals surface area contributed by atoms with Crippen molar-refractivity contribution < 1.29 is 0 Å². The van der Waals surface area contributed by atoms with Crippen LogP contribution in [-0.2, 0) is 36.5 Å². The summed E-state index contributed by atoms with van der Waals surface area (Å²) in [4.78, 5) is 17.3. The van der Waals surface area contributed by atoms with E-state index in [1.165, 1.54) is 210 Å². The fraction of sp³-hybridized carbons (Fsp3) is 0.439. The summed E-state index contributed by atoms with van der Waals surface area (Å²) < 4.78 is 0. The van der Waals surface area contributed by atoms with Crippen molar-refractivity contribution in [3.63, 3.8) is 0 Å². The maximum atomic E-state index is 4.35. The Labute approximate surface area is 526 Å². The van der Waals surface area contributed by atoms with Gasteiger partial charge in [-0.25, -0.2) is 0 Å². The first kappa shape index (κ1) is 64.9. The zero-order valence-electron chi connectivity index (χ0n) is 56.1. The lowest BCUT2D eigenvalue weighted by Gasteiger charge is -2.27. The van der Waals surface area contributed by atoms with Gasteiger partial charge in [-0.15, -0.1) is 0 Å². The molecule has 5 heteroatoms. The molecule has 0 fully saturated rings. The van der Waals surface area contributed by atoms with Crippen molar-refractivity contribution in [2.45, 2.75) is 236 Å². The number of unbranched alkanes of at least 4 members (excludes halogenated alkanes) is 12. The molecule has 458 valence electrons. The molecule has 0 aliphatic carbocycles. The molecule has 0 saturated carbocycles. The van der Waals surface area contributed by atoms with Crippen LogP contribution in [0.5, 0.6) is 0 Å². The number of benzene rings is 4. The van der Waals surface area contributed by atoms with Crippen LogP contribution in [0.25, 0.3) is 23.3 Å². The molecule has 1 aliphatic rings. The normalized spacial score (nSPS) is 14.7. The van der Waals surface area contributed by atoms with Crippen molar-refractivity contribution in [1.82, 2.24) is 19.9 Å². The van der Waals surface area contributed by atoms with E-state index in [4.69, 9.17) is 0 Å². The first-order chi connectivity index (χ1) is 41.9. The van der Waals surface area contributed by atoms with Gasteiger partial charge in [-0.1, -0.05) is 249 Å². The summed E-state index contributed by atoms with van der Waals surface area (Å²) in [5.41, 5.74) is 28.4. The standard InChI is InChI=1S/C82H105N4P/c1-15-19-23-33-44-67-56(5)77-75(61-39-37-38-60(50-61)48-49-87(65-40-29-27-30-41-65)66-42-31-28-32-43-66)78-57(6)68(45-34-24-20-16-2)72(84-78)55-74-70(47-36-26-22-18-4)59(8)80(86-74)76(62-51-63(81(9,10)11)53-64(52-62)82(12,13)14)79-58(7)69(46-35-25-21-17-3)73(85-79)54-71(67)83-77/h27-32,37-43,50-55,83-86H,15-26,33-36,44-47H2,1-14H3/b71-54-,72-55?,73-54?,74-55-,77-75-,78-75?,79-76?,80-76-. The highest BCUT2D eigenvalue weighted by Gasteiger charge is 2.28. The summed E-state index contributed by atoms with van der Waals surface area (Å²) in [6.07, 6.45) is 28.4. The number of hydrogen-bond acceptors (Lipinski definition) is 0. The molecule has 0 atom stereocenters. The monoisotopic (exact) mass is 1180 g/mol. The van der Waals surface area contributed by atoms with Gasteiger partial charge < -0.3 is 19.9 Å². The van der Waals surface area contributed by atoms with Gasteiger partial charge in [-0.3, -0.25) is 0 Å².